The van der Waals surface area contributed by atoms with Gasteiger partial charge in [-0.1, -0.05) is 20.8 Å². The Bertz CT molecular complexity index is 341. The lowest BCUT2D eigenvalue weighted by atomic mass is 9.85. The Balaban J connectivity index is 2.86. The van der Waals surface area contributed by atoms with E-state index in [4.69, 9.17) is 4.74 Å². The summed E-state index contributed by atoms with van der Waals surface area (Å²) >= 11 is 5.33. The van der Waals surface area contributed by atoms with Gasteiger partial charge < -0.3 is 10.1 Å². The van der Waals surface area contributed by atoms with Crippen LogP contribution < -0.4 is 5.32 Å². The third kappa shape index (κ3) is 3.80. The van der Waals surface area contributed by atoms with Gasteiger partial charge in [-0.3, -0.25) is 0 Å². The Labute approximate surface area is 123 Å². The van der Waals surface area contributed by atoms with E-state index in [0.29, 0.717) is 6.04 Å². The number of rotatable bonds is 8. The smallest absolute Gasteiger partial charge is 0.0829 e. The molecule has 2 nitrogen and oxygen atoms in total. The summed E-state index contributed by atoms with van der Waals surface area (Å²) in [6.07, 6.45) is 3.09. The van der Waals surface area contributed by atoms with Gasteiger partial charge in [0.25, 0.3) is 0 Å². The van der Waals surface area contributed by atoms with Crippen molar-refractivity contribution >= 4 is 27.3 Å². The second kappa shape index (κ2) is 7.63. The van der Waals surface area contributed by atoms with Crippen molar-refractivity contribution in [1.29, 1.82) is 0 Å². The Hall–Kier alpha value is 0.1000. The lowest BCUT2D eigenvalue weighted by Crippen LogP contribution is -2.52. The van der Waals surface area contributed by atoms with Gasteiger partial charge in [0, 0.05) is 27.9 Å². The van der Waals surface area contributed by atoms with Crippen LogP contribution >= 0.6 is 27.3 Å². The summed E-state index contributed by atoms with van der Waals surface area (Å²) in [5.74, 6) is 0. The van der Waals surface area contributed by atoms with E-state index in [9.17, 15) is 0 Å². The molecule has 0 aromatic carbocycles. The van der Waals surface area contributed by atoms with Crippen LogP contribution in [0.4, 0.5) is 0 Å². The zero-order valence-electron chi connectivity index (χ0n) is 11.8. The number of nitrogens with one attached hydrogen (secondary N) is 1. The Morgan fingerprint density at radius 3 is 2.44 bits per heavy atom. The number of likely N-dealkylation sites (N-methyl/N-ethyl adjacent to an activating group) is 1. The first kappa shape index (κ1) is 16.2. The van der Waals surface area contributed by atoms with Crippen molar-refractivity contribution in [2.75, 3.05) is 13.7 Å². The van der Waals surface area contributed by atoms with Gasteiger partial charge >= 0.3 is 0 Å². The van der Waals surface area contributed by atoms with Crippen LogP contribution in [0.2, 0.25) is 0 Å². The highest BCUT2D eigenvalue weighted by Crippen LogP contribution is 2.29. The third-order valence-electron chi connectivity index (χ3n) is 3.72. The highest BCUT2D eigenvalue weighted by Gasteiger charge is 2.35. The molecule has 1 heterocycles. The number of hydrogen-bond acceptors (Lipinski definition) is 3. The topological polar surface area (TPSA) is 21.3 Å². The standard InChI is InChI=1S/C14H24BrNOS/c1-5-14(6-2,17-4)13(16-7-3)9-12-8-11(15)10-18-12/h8,10,13,16H,5-7,9H2,1-4H3. The number of hydrogen-bond donors (Lipinski definition) is 1. The normalized spacial score (nSPS) is 13.8. The molecule has 0 radical (unpaired) electrons. The molecule has 1 aromatic rings. The molecule has 1 atom stereocenters. The van der Waals surface area contributed by atoms with Crippen molar-refractivity contribution in [3.8, 4) is 0 Å². The summed E-state index contributed by atoms with van der Waals surface area (Å²) in [6, 6.07) is 2.58. The Kier molecular flexibility index (Phi) is 6.85. The van der Waals surface area contributed by atoms with E-state index < -0.39 is 0 Å². The van der Waals surface area contributed by atoms with Crippen LogP contribution in [0.3, 0.4) is 0 Å². The van der Waals surface area contributed by atoms with Gasteiger partial charge in [-0.05, 0) is 47.8 Å². The van der Waals surface area contributed by atoms with E-state index in [2.05, 4.69) is 53.5 Å². The van der Waals surface area contributed by atoms with Crippen LogP contribution in [0.5, 0.6) is 0 Å². The first-order valence-electron chi connectivity index (χ1n) is 6.63. The van der Waals surface area contributed by atoms with Crippen LogP contribution in [0.25, 0.3) is 0 Å². The van der Waals surface area contributed by atoms with Crippen molar-refractivity contribution in [3.05, 3.63) is 20.8 Å². The molecule has 0 aliphatic rings. The molecule has 4 heteroatoms. The molecule has 0 bridgehead atoms. The van der Waals surface area contributed by atoms with Gasteiger partial charge in [0.1, 0.15) is 0 Å². The average Bonchev–Trinajstić information content (AvgIpc) is 2.78. The van der Waals surface area contributed by atoms with Gasteiger partial charge in [0.15, 0.2) is 0 Å². The van der Waals surface area contributed by atoms with E-state index in [1.807, 2.05) is 18.4 Å². The van der Waals surface area contributed by atoms with Gasteiger partial charge in [-0.2, -0.15) is 0 Å². The molecule has 1 aromatic heterocycles. The fourth-order valence-corrected chi connectivity index (χ4v) is 4.02. The van der Waals surface area contributed by atoms with Crippen molar-refractivity contribution in [3.63, 3.8) is 0 Å². The summed E-state index contributed by atoms with van der Waals surface area (Å²) in [7, 11) is 1.83. The highest BCUT2D eigenvalue weighted by atomic mass is 79.9. The molecule has 1 unspecified atom stereocenters. The summed E-state index contributed by atoms with van der Waals surface area (Å²) in [5, 5.41) is 5.74. The monoisotopic (exact) mass is 333 g/mol. The molecule has 0 spiro atoms. The van der Waals surface area contributed by atoms with Crippen LogP contribution in [-0.2, 0) is 11.2 Å². The lowest BCUT2D eigenvalue weighted by Gasteiger charge is -2.39. The van der Waals surface area contributed by atoms with Crippen molar-refractivity contribution in [2.24, 2.45) is 0 Å². The summed E-state index contributed by atoms with van der Waals surface area (Å²) in [6.45, 7) is 7.55. The predicted octanol–water partition coefficient (Wildman–Crippen LogP) is 4.24. The molecule has 0 saturated carbocycles. The molecule has 1 rings (SSSR count). The van der Waals surface area contributed by atoms with Gasteiger partial charge in [0.2, 0.25) is 0 Å². The number of methoxy groups -OCH3 is 1. The number of halogens is 1. The number of ether oxygens (including phenoxy) is 1. The van der Waals surface area contributed by atoms with Crippen LogP contribution in [0.1, 0.15) is 38.5 Å². The van der Waals surface area contributed by atoms with E-state index in [-0.39, 0.29) is 5.60 Å². The first-order valence-corrected chi connectivity index (χ1v) is 8.30. The van der Waals surface area contributed by atoms with Crippen molar-refractivity contribution in [1.82, 2.24) is 5.32 Å². The minimum atomic E-state index is -0.0630. The minimum absolute atomic E-state index is 0.0630. The maximum absolute atomic E-state index is 5.86. The largest absolute Gasteiger partial charge is 0.377 e. The van der Waals surface area contributed by atoms with Crippen molar-refractivity contribution < 1.29 is 4.74 Å². The predicted molar refractivity (Wildman–Crippen MR) is 83.5 cm³/mol. The fourth-order valence-electron chi connectivity index (χ4n) is 2.53. The highest BCUT2D eigenvalue weighted by molar-refractivity contribution is 9.10. The molecule has 0 aliphatic heterocycles. The van der Waals surface area contributed by atoms with Crippen LogP contribution in [-0.4, -0.2) is 25.3 Å². The fraction of sp³-hybridized carbons (Fsp3) is 0.714. The molecular formula is C14H24BrNOS. The summed E-state index contributed by atoms with van der Waals surface area (Å²) in [5.41, 5.74) is -0.0630. The van der Waals surface area contributed by atoms with Gasteiger partial charge in [-0.15, -0.1) is 11.3 Å². The van der Waals surface area contributed by atoms with Crippen LogP contribution in [0.15, 0.2) is 15.9 Å². The van der Waals surface area contributed by atoms with Crippen LogP contribution in [0, 0.1) is 0 Å². The Morgan fingerprint density at radius 1 is 1.39 bits per heavy atom. The molecule has 0 saturated heterocycles. The van der Waals surface area contributed by atoms with Gasteiger partial charge in [0.05, 0.1) is 5.60 Å². The number of thiophene rings is 1. The molecule has 18 heavy (non-hydrogen) atoms. The van der Waals surface area contributed by atoms with E-state index >= 15 is 0 Å². The average molecular weight is 334 g/mol. The zero-order valence-corrected chi connectivity index (χ0v) is 14.2. The van der Waals surface area contributed by atoms with E-state index in [1.165, 1.54) is 9.35 Å². The molecule has 1 N–H and O–H groups in total. The molecule has 0 fully saturated rings. The van der Waals surface area contributed by atoms with E-state index in [0.717, 1.165) is 25.8 Å². The third-order valence-corrected chi connectivity index (χ3v) is 5.44. The summed E-state index contributed by atoms with van der Waals surface area (Å²) in [4.78, 5) is 1.40. The first-order chi connectivity index (χ1) is 8.61. The SMILES string of the molecule is CCNC(Cc1cc(Br)cs1)C(CC)(CC)OC. The van der Waals surface area contributed by atoms with Crippen molar-refractivity contribution in [2.45, 2.75) is 51.7 Å². The van der Waals surface area contributed by atoms with E-state index in [1.54, 1.807) is 0 Å². The maximum Gasteiger partial charge on any atom is 0.0829 e. The minimum Gasteiger partial charge on any atom is -0.377 e. The lowest BCUT2D eigenvalue weighted by molar-refractivity contribution is -0.0466. The molecule has 0 amide bonds. The Morgan fingerprint density at radius 2 is 2.06 bits per heavy atom. The molecule has 104 valence electrons. The second-order valence-electron chi connectivity index (χ2n) is 4.52. The maximum atomic E-state index is 5.86. The van der Waals surface area contributed by atoms with Gasteiger partial charge in [-0.25, -0.2) is 0 Å². The zero-order chi connectivity index (χ0) is 13.6. The molecule has 0 aliphatic carbocycles. The summed E-state index contributed by atoms with van der Waals surface area (Å²) < 4.78 is 7.04. The second-order valence-corrected chi connectivity index (χ2v) is 6.43. The quantitative estimate of drug-likeness (QED) is 0.768. The molecular weight excluding hydrogens is 310 g/mol.